The lowest BCUT2D eigenvalue weighted by Gasteiger charge is -1.93. The Bertz CT molecular complexity index is 769. The first-order valence-corrected chi connectivity index (χ1v) is 6.72. The Labute approximate surface area is 160 Å². The molecule has 160 valence electrons. The molecule has 0 saturated heterocycles. The van der Waals surface area contributed by atoms with Crippen molar-refractivity contribution in [3.8, 4) is 0 Å². The molecule has 2 heterocycles. The second-order valence-electron chi connectivity index (χ2n) is 4.53. The van der Waals surface area contributed by atoms with Gasteiger partial charge >= 0.3 is 5.97 Å². The molecule has 0 aromatic carbocycles. The fourth-order valence-corrected chi connectivity index (χ4v) is 1.91. The number of carboxylic acids is 1. The third-order valence-electron chi connectivity index (χ3n) is 2.83. The highest BCUT2D eigenvalue weighted by Gasteiger charge is 2.28. The number of rotatable bonds is 4. The van der Waals surface area contributed by atoms with Crippen molar-refractivity contribution in [3.63, 3.8) is 0 Å². The minimum atomic E-state index is -3.10. The Morgan fingerprint density at radius 3 is 1.43 bits per heavy atom. The van der Waals surface area contributed by atoms with E-state index in [-0.39, 0.29) is 14.9 Å². The summed E-state index contributed by atoms with van der Waals surface area (Å²) >= 11 is 4.91. The molecule has 1 N–H and O–H groups in total. The fourth-order valence-electron chi connectivity index (χ4n) is 1.73. The Morgan fingerprint density at radius 1 is 0.893 bits per heavy atom. The fraction of sp³-hybridized carbons (Fsp3) is 0.429. The van der Waals surface area contributed by atoms with Gasteiger partial charge in [-0.3, -0.25) is 4.79 Å². The maximum atomic E-state index is 12.9. The van der Waals surface area contributed by atoms with E-state index in [1.165, 1.54) is 0 Å². The van der Waals surface area contributed by atoms with E-state index in [9.17, 15) is 35.9 Å². The molecular weight excluding hydrogens is 422 g/mol. The Hall–Kier alpha value is -2.57. The van der Waals surface area contributed by atoms with Gasteiger partial charge in [0.25, 0.3) is 18.1 Å². The minimum absolute atomic E-state index is 0. The molecule has 0 fully saturated rings. The van der Waals surface area contributed by atoms with Gasteiger partial charge in [-0.05, 0) is 11.6 Å². The van der Waals surface area contributed by atoms with Crippen LogP contribution in [-0.4, -0.2) is 35.9 Å². The summed E-state index contributed by atoms with van der Waals surface area (Å²) in [6.07, 6.45) is -6.12. The number of carbonyl (C=O) groups is 2. The smallest absolute Gasteiger partial charge is 0.342 e. The lowest BCUT2D eigenvalue weighted by Crippen LogP contribution is -2.03. The normalized spacial score (nSPS) is 10.1. The molecule has 0 bridgehead atoms. The molecule has 28 heavy (non-hydrogen) atoms. The maximum absolute atomic E-state index is 12.9. The topological polar surface area (TPSA) is 90.0 Å². The van der Waals surface area contributed by atoms with Crippen LogP contribution < -0.4 is 0 Å². The van der Waals surface area contributed by atoms with E-state index in [2.05, 4.69) is 10.2 Å². The number of hydrogen-bond acceptors (Lipinski definition) is 4. The third-order valence-corrected chi connectivity index (χ3v) is 3.02. The van der Waals surface area contributed by atoms with Gasteiger partial charge in [0.2, 0.25) is 11.9 Å². The molecule has 0 aliphatic heterocycles. The zero-order chi connectivity index (χ0) is 20.3. The average Bonchev–Trinajstić information content (AvgIpc) is 2.98. The largest absolute Gasteiger partial charge is 0.477 e. The van der Waals surface area contributed by atoms with Gasteiger partial charge in [-0.1, -0.05) is 14.9 Å². The zero-order valence-corrected chi connectivity index (χ0v) is 13.6. The first-order chi connectivity index (χ1) is 11.9. The first-order valence-electron chi connectivity index (χ1n) is 6.34. The van der Waals surface area contributed by atoms with Crippen LogP contribution in [-0.2, 0) is 14.1 Å². The number of aryl methyl sites for hydroxylation is 2. The second-order valence-corrected chi connectivity index (χ2v) is 4.87. The molecule has 0 atom stereocenters. The van der Waals surface area contributed by atoms with Crippen LogP contribution in [0, 0.1) is 11.9 Å². The molecule has 0 amide bonds. The number of hydrogen-bond donors (Lipinski definition) is 1. The molecule has 0 aliphatic carbocycles. The number of alkyl halides is 4. The van der Waals surface area contributed by atoms with E-state index in [1.807, 2.05) is 0 Å². The summed E-state index contributed by atoms with van der Waals surface area (Å²) in [5.41, 5.74) is -3.91. The summed E-state index contributed by atoms with van der Waals surface area (Å²) < 4.78 is 75.1. The average molecular weight is 439 g/mol. The Kier molecular flexibility index (Phi) is 10.5. The highest BCUT2D eigenvalue weighted by molar-refractivity contribution is 6.67. The van der Waals surface area contributed by atoms with Gasteiger partial charge < -0.3 is 5.11 Å². The molecule has 0 spiro atoms. The first kappa shape index (κ1) is 27.6. The second kappa shape index (κ2) is 10.7. The van der Waals surface area contributed by atoms with Crippen molar-refractivity contribution in [2.75, 3.05) is 0 Å². The van der Waals surface area contributed by atoms with E-state index >= 15 is 0 Å². The Morgan fingerprint density at radius 2 is 1.21 bits per heavy atom. The van der Waals surface area contributed by atoms with Crippen LogP contribution >= 0.6 is 11.6 Å². The predicted octanol–water partition coefficient (Wildman–Crippen LogP) is 4.34. The molecule has 0 unspecified atom stereocenters. The number of nitrogens with zero attached hydrogens (tertiary/aromatic N) is 4. The maximum Gasteiger partial charge on any atom is 0.342 e. The number of carbonyl (C=O) groups excluding carboxylic acids is 1. The molecule has 7 nitrogen and oxygen atoms in total. The van der Waals surface area contributed by atoms with E-state index < -0.39 is 58.5 Å². The summed E-state index contributed by atoms with van der Waals surface area (Å²) in [6, 6.07) is 0. The van der Waals surface area contributed by atoms with Gasteiger partial charge in [-0.2, -0.15) is 19.0 Å². The van der Waals surface area contributed by atoms with E-state index in [0.29, 0.717) is 9.36 Å². The van der Waals surface area contributed by atoms with Crippen molar-refractivity contribution in [2.24, 2.45) is 14.1 Å². The predicted molar refractivity (Wildman–Crippen MR) is 86.9 cm³/mol. The van der Waals surface area contributed by atoms with Crippen molar-refractivity contribution in [1.82, 2.24) is 19.6 Å². The quantitative estimate of drug-likeness (QED) is 0.566. The van der Waals surface area contributed by atoms with Gasteiger partial charge in [-0.25, -0.2) is 31.7 Å². The third kappa shape index (κ3) is 5.71. The van der Waals surface area contributed by atoms with Crippen LogP contribution in [0.15, 0.2) is 0 Å². The number of aromatic nitrogens is 4. The van der Waals surface area contributed by atoms with Crippen molar-refractivity contribution < 1.29 is 41.0 Å². The van der Waals surface area contributed by atoms with Crippen LogP contribution in [0.25, 0.3) is 0 Å². The molecule has 0 aliphatic rings. The molecular formula is C14H17ClF6N4O3. The van der Waals surface area contributed by atoms with Crippen LogP contribution in [0.5, 0.6) is 0 Å². The SMILES string of the molecule is C.C.Cn1nc(C(F)F)c(C(=O)Cl)c1F.Cn1nc(C(F)F)c(C(=O)O)c1F. The van der Waals surface area contributed by atoms with Gasteiger partial charge in [-0.15, -0.1) is 0 Å². The molecule has 0 saturated carbocycles. The minimum Gasteiger partial charge on any atom is -0.477 e. The van der Waals surface area contributed by atoms with Crippen molar-refractivity contribution in [3.05, 3.63) is 34.4 Å². The van der Waals surface area contributed by atoms with Crippen LogP contribution in [0.2, 0.25) is 0 Å². The van der Waals surface area contributed by atoms with Crippen molar-refractivity contribution >= 4 is 22.8 Å². The number of aromatic carboxylic acids is 1. The summed E-state index contributed by atoms with van der Waals surface area (Å²) in [5.74, 6) is -4.18. The lowest BCUT2D eigenvalue weighted by molar-refractivity contribution is 0.0678. The molecule has 14 heteroatoms. The summed E-state index contributed by atoms with van der Waals surface area (Å²) in [7, 11) is 2.15. The summed E-state index contributed by atoms with van der Waals surface area (Å²) in [4.78, 5) is 20.9. The summed E-state index contributed by atoms with van der Waals surface area (Å²) in [6.45, 7) is 0. The standard InChI is InChI=1S/C6H4ClF3N2O.C6H5F3N2O2.2CH4/c1-12-6(10)2(4(7)13)3(11-12)5(8)9;1-11-5(9)2(6(12)13)3(10-11)4(7)8;;/h5H,1H3;4H,1H3,(H,12,13);2*1H4. The van der Waals surface area contributed by atoms with Crippen LogP contribution in [0.4, 0.5) is 26.3 Å². The van der Waals surface area contributed by atoms with Gasteiger partial charge in [0, 0.05) is 14.1 Å². The van der Waals surface area contributed by atoms with Crippen molar-refractivity contribution in [1.29, 1.82) is 0 Å². The zero-order valence-electron chi connectivity index (χ0n) is 12.9. The van der Waals surface area contributed by atoms with Crippen LogP contribution in [0.1, 0.15) is 59.8 Å². The molecule has 0 radical (unpaired) electrons. The Balaban J connectivity index is 0. The highest BCUT2D eigenvalue weighted by atomic mass is 35.5. The van der Waals surface area contributed by atoms with E-state index in [0.717, 1.165) is 14.1 Å². The van der Waals surface area contributed by atoms with Crippen molar-refractivity contribution in [2.45, 2.75) is 27.7 Å². The van der Waals surface area contributed by atoms with Gasteiger partial charge in [0.05, 0.1) is 0 Å². The van der Waals surface area contributed by atoms with E-state index in [4.69, 9.17) is 16.7 Å². The number of halogens is 7. The van der Waals surface area contributed by atoms with Gasteiger partial charge in [0.15, 0.2) is 0 Å². The summed E-state index contributed by atoms with van der Waals surface area (Å²) in [5, 5.41) is 13.3. The molecule has 2 aromatic rings. The van der Waals surface area contributed by atoms with E-state index in [1.54, 1.807) is 0 Å². The van der Waals surface area contributed by atoms with Gasteiger partial charge in [0.1, 0.15) is 22.5 Å². The lowest BCUT2D eigenvalue weighted by atomic mass is 10.2. The molecule has 2 aromatic heterocycles. The molecule has 2 rings (SSSR count). The van der Waals surface area contributed by atoms with Crippen LogP contribution in [0.3, 0.4) is 0 Å². The monoisotopic (exact) mass is 438 g/mol. The number of carboxylic acid groups (broad SMARTS) is 1. The highest BCUT2D eigenvalue weighted by Crippen LogP contribution is 2.25.